The number of H-pyrrole nitrogens is 1. The van der Waals surface area contributed by atoms with Crippen molar-refractivity contribution in [3.05, 3.63) is 53.8 Å². The Kier molecular flexibility index (Phi) is 4.10. The lowest BCUT2D eigenvalue weighted by molar-refractivity contribution is 0.447. The molecule has 3 N–H and O–H groups in total. The van der Waals surface area contributed by atoms with Crippen molar-refractivity contribution in [2.75, 3.05) is 19.8 Å². The molecule has 3 aliphatic heterocycles. The number of aromatic nitrogens is 3. The summed E-state index contributed by atoms with van der Waals surface area (Å²) in [6.45, 7) is 4.71. The lowest BCUT2D eigenvalue weighted by Crippen LogP contribution is -2.32. The summed E-state index contributed by atoms with van der Waals surface area (Å²) in [4.78, 5) is 17.8. The molecule has 7 heteroatoms. The number of aromatic amines is 1. The second-order valence-electron chi connectivity index (χ2n) is 7.15. The number of piperidine rings is 1. The quantitative estimate of drug-likeness (QED) is 0.782. The van der Waals surface area contributed by atoms with Crippen molar-refractivity contribution in [2.24, 2.45) is 4.99 Å². The maximum Gasteiger partial charge on any atom is 0.143 e. The van der Waals surface area contributed by atoms with Gasteiger partial charge in [-0.15, -0.1) is 0 Å². The third-order valence-electron chi connectivity index (χ3n) is 5.28. The summed E-state index contributed by atoms with van der Waals surface area (Å²) in [5.41, 5.74) is 8.16. The van der Waals surface area contributed by atoms with Crippen LogP contribution in [-0.4, -0.2) is 45.6 Å². The molecule has 7 nitrogen and oxygen atoms in total. The van der Waals surface area contributed by atoms with Crippen LogP contribution in [0.1, 0.15) is 36.0 Å². The van der Waals surface area contributed by atoms with Crippen LogP contribution in [0.5, 0.6) is 0 Å². The number of hydrazine groups is 1. The Balaban J connectivity index is 1.59. The fourth-order valence-electron chi connectivity index (χ4n) is 3.84. The standard InChI is InChI=1S/C20H23N7/c1-13-3-2-4-16(24-13)19-18(15-5-6-17-22-12-23-27(17)11-15)25-20(26-19)14-7-9-21-10-8-14/h2-6,11,14,21,23H,7-10,12H2,1H3,(H,25,26). The molecule has 5 rings (SSSR count). The molecular formula is C20H23N7. The second kappa shape index (κ2) is 6.75. The molecular weight excluding hydrogens is 338 g/mol. The van der Waals surface area contributed by atoms with E-state index in [1.807, 2.05) is 36.2 Å². The van der Waals surface area contributed by atoms with Gasteiger partial charge in [-0.05, 0) is 57.1 Å². The summed E-state index contributed by atoms with van der Waals surface area (Å²) in [5.74, 6) is 2.46. The van der Waals surface area contributed by atoms with E-state index in [-0.39, 0.29) is 0 Å². The molecule has 2 aromatic heterocycles. The number of amidine groups is 1. The van der Waals surface area contributed by atoms with E-state index in [9.17, 15) is 0 Å². The number of fused-ring (bicyclic) bond motifs is 1. The van der Waals surface area contributed by atoms with Crippen molar-refractivity contribution >= 4 is 11.4 Å². The number of hydrogen-bond donors (Lipinski definition) is 3. The highest BCUT2D eigenvalue weighted by molar-refractivity contribution is 6.00. The summed E-state index contributed by atoms with van der Waals surface area (Å²) in [7, 11) is 0. The minimum atomic E-state index is 0.457. The smallest absolute Gasteiger partial charge is 0.143 e. The van der Waals surface area contributed by atoms with Gasteiger partial charge in [0.05, 0.1) is 11.4 Å². The van der Waals surface area contributed by atoms with Gasteiger partial charge in [-0.25, -0.2) is 15.4 Å². The van der Waals surface area contributed by atoms with Gasteiger partial charge < -0.3 is 10.3 Å². The van der Waals surface area contributed by atoms with Gasteiger partial charge >= 0.3 is 0 Å². The second-order valence-corrected chi connectivity index (χ2v) is 7.15. The lowest BCUT2D eigenvalue weighted by atomic mass is 9.98. The molecule has 1 fully saturated rings. The van der Waals surface area contributed by atoms with E-state index in [4.69, 9.17) is 9.97 Å². The first-order valence-corrected chi connectivity index (χ1v) is 9.50. The van der Waals surface area contributed by atoms with Crippen LogP contribution in [0.4, 0.5) is 0 Å². The van der Waals surface area contributed by atoms with E-state index in [0.29, 0.717) is 12.6 Å². The number of aryl methyl sites for hydroxylation is 1. The number of hydrogen-bond acceptors (Lipinski definition) is 6. The number of aliphatic imine (C=N–C) groups is 1. The Morgan fingerprint density at radius 1 is 1.11 bits per heavy atom. The first-order valence-electron chi connectivity index (χ1n) is 9.50. The van der Waals surface area contributed by atoms with Gasteiger partial charge in [0, 0.05) is 23.4 Å². The Morgan fingerprint density at radius 2 is 2.00 bits per heavy atom. The van der Waals surface area contributed by atoms with Crippen molar-refractivity contribution in [1.82, 2.24) is 30.7 Å². The number of allylic oxidation sites excluding steroid dienone is 2. The van der Waals surface area contributed by atoms with E-state index in [1.165, 1.54) is 0 Å². The molecule has 2 aromatic rings. The molecule has 3 aliphatic rings. The molecule has 1 saturated heterocycles. The first-order chi connectivity index (χ1) is 13.3. The highest BCUT2D eigenvalue weighted by Crippen LogP contribution is 2.32. The highest BCUT2D eigenvalue weighted by atomic mass is 15.6. The van der Waals surface area contributed by atoms with Gasteiger partial charge in [0.1, 0.15) is 24.0 Å². The van der Waals surface area contributed by atoms with Crippen LogP contribution in [0.3, 0.4) is 0 Å². The van der Waals surface area contributed by atoms with Crippen LogP contribution in [0.25, 0.3) is 17.0 Å². The molecule has 0 atom stereocenters. The maximum absolute atomic E-state index is 5.02. The van der Waals surface area contributed by atoms with E-state index in [2.05, 4.69) is 33.0 Å². The predicted molar refractivity (Wildman–Crippen MR) is 106 cm³/mol. The van der Waals surface area contributed by atoms with E-state index in [1.54, 1.807) is 0 Å². The topological polar surface area (TPSA) is 81.2 Å². The zero-order chi connectivity index (χ0) is 18.2. The summed E-state index contributed by atoms with van der Waals surface area (Å²) in [5, 5.41) is 5.40. The molecule has 0 aromatic carbocycles. The van der Waals surface area contributed by atoms with E-state index >= 15 is 0 Å². The summed E-state index contributed by atoms with van der Waals surface area (Å²) in [6.07, 6.45) is 8.42. The van der Waals surface area contributed by atoms with Gasteiger partial charge in [-0.2, -0.15) is 0 Å². The number of imidazole rings is 1. The molecule has 0 aliphatic carbocycles. The SMILES string of the molecule is Cc1cccc(-c2nc(C3CCNCC3)[nH]c2C2=CN3NCN=C3C=C2)n1. The largest absolute Gasteiger partial charge is 0.341 e. The van der Waals surface area contributed by atoms with Gasteiger partial charge in [-0.3, -0.25) is 9.99 Å². The van der Waals surface area contributed by atoms with Crippen LogP contribution >= 0.6 is 0 Å². The summed E-state index contributed by atoms with van der Waals surface area (Å²) < 4.78 is 0. The van der Waals surface area contributed by atoms with Crippen molar-refractivity contribution in [1.29, 1.82) is 0 Å². The molecule has 0 radical (unpaired) electrons. The zero-order valence-electron chi connectivity index (χ0n) is 15.4. The molecule has 0 amide bonds. The van der Waals surface area contributed by atoms with Crippen molar-refractivity contribution in [2.45, 2.75) is 25.7 Å². The van der Waals surface area contributed by atoms with Crippen LogP contribution in [0, 0.1) is 6.92 Å². The first kappa shape index (κ1) is 16.4. The number of nitrogens with one attached hydrogen (secondary N) is 3. The molecule has 0 saturated carbocycles. The summed E-state index contributed by atoms with van der Waals surface area (Å²) in [6, 6.07) is 6.09. The Labute approximate surface area is 158 Å². The molecule has 0 unspecified atom stereocenters. The van der Waals surface area contributed by atoms with Gasteiger partial charge in [-0.1, -0.05) is 6.07 Å². The fourth-order valence-corrected chi connectivity index (χ4v) is 3.84. The lowest BCUT2D eigenvalue weighted by Gasteiger charge is -2.20. The Morgan fingerprint density at radius 3 is 2.85 bits per heavy atom. The average molecular weight is 361 g/mol. The van der Waals surface area contributed by atoms with E-state index < -0.39 is 0 Å². The third-order valence-corrected chi connectivity index (χ3v) is 5.28. The molecule has 138 valence electrons. The highest BCUT2D eigenvalue weighted by Gasteiger charge is 2.25. The van der Waals surface area contributed by atoms with Crippen LogP contribution in [0.2, 0.25) is 0 Å². The Hall–Kier alpha value is -2.77. The average Bonchev–Trinajstić information content (AvgIpc) is 3.35. The molecule has 0 spiro atoms. The minimum absolute atomic E-state index is 0.457. The number of pyridine rings is 1. The predicted octanol–water partition coefficient (Wildman–Crippen LogP) is 2.33. The monoisotopic (exact) mass is 361 g/mol. The van der Waals surface area contributed by atoms with Crippen LogP contribution < -0.4 is 10.7 Å². The van der Waals surface area contributed by atoms with Crippen LogP contribution in [-0.2, 0) is 0 Å². The third kappa shape index (κ3) is 3.09. The minimum Gasteiger partial charge on any atom is -0.341 e. The van der Waals surface area contributed by atoms with Crippen molar-refractivity contribution in [3.63, 3.8) is 0 Å². The van der Waals surface area contributed by atoms with Crippen molar-refractivity contribution in [3.8, 4) is 11.4 Å². The maximum atomic E-state index is 5.02. The van der Waals surface area contributed by atoms with Crippen LogP contribution in [0.15, 0.2) is 41.5 Å². The Bertz CT molecular complexity index is 947. The van der Waals surface area contributed by atoms with Crippen molar-refractivity contribution < 1.29 is 0 Å². The zero-order valence-corrected chi connectivity index (χ0v) is 15.4. The van der Waals surface area contributed by atoms with E-state index in [0.717, 1.165) is 65.9 Å². The number of rotatable bonds is 3. The van der Waals surface area contributed by atoms with Gasteiger partial charge in [0.15, 0.2) is 0 Å². The fraction of sp³-hybridized carbons (Fsp3) is 0.350. The normalized spacial score (nSPS) is 19.8. The molecule has 5 heterocycles. The molecule has 27 heavy (non-hydrogen) atoms. The van der Waals surface area contributed by atoms with Gasteiger partial charge in [0.25, 0.3) is 0 Å². The number of nitrogens with zero attached hydrogens (tertiary/aromatic N) is 4. The summed E-state index contributed by atoms with van der Waals surface area (Å²) >= 11 is 0. The molecule has 0 bridgehead atoms. The van der Waals surface area contributed by atoms with Gasteiger partial charge in [0.2, 0.25) is 0 Å².